The summed E-state index contributed by atoms with van der Waals surface area (Å²) in [6.45, 7) is 0.929. The minimum absolute atomic E-state index is 0. The lowest BCUT2D eigenvalue weighted by Gasteiger charge is -2.11. The van der Waals surface area contributed by atoms with E-state index >= 15 is 0 Å². The molecule has 2 rings (SSSR count). The molecule has 5 nitrogen and oxygen atoms in total. The second kappa shape index (κ2) is 10.2. The Morgan fingerprint density at radius 3 is 2.48 bits per heavy atom. The predicted molar refractivity (Wildman–Crippen MR) is 111 cm³/mol. The van der Waals surface area contributed by atoms with E-state index in [0.717, 1.165) is 17.0 Å². The molecular weight excluding hydrogens is 434 g/mol. The van der Waals surface area contributed by atoms with Crippen LogP contribution in [0.4, 0.5) is 10.1 Å². The molecule has 2 aromatic carbocycles. The molecule has 2 aromatic rings. The molecule has 0 heterocycles. The van der Waals surface area contributed by atoms with Gasteiger partial charge in [0.1, 0.15) is 11.6 Å². The molecule has 0 aromatic heterocycles. The van der Waals surface area contributed by atoms with Crippen molar-refractivity contribution in [3.63, 3.8) is 0 Å². The molecule has 0 unspecified atom stereocenters. The number of nitrogens with two attached hydrogens (primary N) is 1. The molecule has 0 atom stereocenters. The Balaban J connectivity index is 0.00000312. The summed E-state index contributed by atoms with van der Waals surface area (Å²) in [6.07, 6.45) is 0. The molecule has 0 aliphatic carbocycles. The van der Waals surface area contributed by atoms with Crippen LogP contribution in [0.25, 0.3) is 0 Å². The minimum Gasteiger partial charge on any atom is -0.497 e. The maximum atomic E-state index is 13.8. The van der Waals surface area contributed by atoms with Crippen LogP contribution in [0.3, 0.4) is 0 Å². The highest BCUT2D eigenvalue weighted by atomic mass is 127. The van der Waals surface area contributed by atoms with E-state index in [-0.39, 0.29) is 29.8 Å². The van der Waals surface area contributed by atoms with E-state index < -0.39 is 0 Å². The van der Waals surface area contributed by atoms with Crippen molar-refractivity contribution in [2.75, 3.05) is 26.5 Å². The largest absolute Gasteiger partial charge is 0.497 e. The van der Waals surface area contributed by atoms with Crippen LogP contribution in [0.2, 0.25) is 0 Å². The van der Waals surface area contributed by atoms with Gasteiger partial charge in [-0.3, -0.25) is 0 Å². The van der Waals surface area contributed by atoms with Crippen molar-refractivity contribution in [3.05, 3.63) is 59.4 Å². The minimum atomic E-state index is -0.208. The smallest absolute Gasteiger partial charge is 0.193 e. The molecule has 0 spiro atoms. The quantitative estimate of drug-likeness (QED) is 0.396. The zero-order valence-corrected chi connectivity index (χ0v) is 17.0. The fourth-order valence-electron chi connectivity index (χ4n) is 2.23. The van der Waals surface area contributed by atoms with E-state index in [1.807, 2.05) is 49.3 Å². The van der Waals surface area contributed by atoms with Gasteiger partial charge in [0, 0.05) is 17.8 Å². The van der Waals surface area contributed by atoms with Crippen LogP contribution in [0, 0.1) is 5.82 Å². The van der Waals surface area contributed by atoms with Gasteiger partial charge in [-0.15, -0.1) is 24.0 Å². The van der Waals surface area contributed by atoms with Crippen molar-refractivity contribution >= 4 is 35.6 Å². The van der Waals surface area contributed by atoms with Gasteiger partial charge in [0.2, 0.25) is 0 Å². The third-order valence-electron chi connectivity index (χ3n) is 3.39. The Morgan fingerprint density at radius 1 is 1.20 bits per heavy atom. The van der Waals surface area contributed by atoms with Gasteiger partial charge in [0.25, 0.3) is 0 Å². The molecule has 25 heavy (non-hydrogen) atoms. The summed E-state index contributed by atoms with van der Waals surface area (Å²) < 4.78 is 18.9. The molecule has 0 amide bonds. The van der Waals surface area contributed by atoms with Crippen LogP contribution in [-0.4, -0.2) is 32.1 Å². The topological polar surface area (TPSA) is 62.9 Å². The third-order valence-corrected chi connectivity index (χ3v) is 3.39. The molecule has 0 bridgehead atoms. The van der Waals surface area contributed by atoms with Gasteiger partial charge in [-0.2, -0.15) is 0 Å². The van der Waals surface area contributed by atoms with Crippen LogP contribution in [0.5, 0.6) is 5.75 Å². The Labute approximate surface area is 165 Å². The molecule has 0 aliphatic heterocycles. The summed E-state index contributed by atoms with van der Waals surface area (Å²) in [5, 5.41) is 3.01. The standard InChI is InChI=1S/C18H23FN4O.HI/c1-23(2)12-14-10-13(4-9-17(14)19)11-21-18(20)22-15-5-7-16(24-3)8-6-15;/h4-10H,11-12H2,1-3H3,(H3,20,21,22);1H. The van der Waals surface area contributed by atoms with E-state index in [2.05, 4.69) is 10.3 Å². The molecule has 136 valence electrons. The second-order valence-electron chi connectivity index (χ2n) is 5.72. The van der Waals surface area contributed by atoms with Gasteiger partial charge in [0.15, 0.2) is 5.96 Å². The first-order valence-corrected chi connectivity index (χ1v) is 7.61. The summed E-state index contributed by atoms with van der Waals surface area (Å²) in [4.78, 5) is 6.22. The number of guanidine groups is 1. The van der Waals surface area contributed by atoms with Crippen molar-refractivity contribution < 1.29 is 9.13 Å². The second-order valence-corrected chi connectivity index (χ2v) is 5.72. The number of hydrogen-bond donors (Lipinski definition) is 2. The molecule has 0 radical (unpaired) electrons. The monoisotopic (exact) mass is 458 g/mol. The molecule has 7 heteroatoms. The number of nitrogens with zero attached hydrogens (tertiary/aromatic N) is 2. The zero-order valence-electron chi connectivity index (χ0n) is 14.6. The predicted octanol–water partition coefficient (Wildman–Crippen LogP) is 3.44. The highest BCUT2D eigenvalue weighted by Gasteiger charge is 2.05. The average Bonchev–Trinajstić information content (AvgIpc) is 2.56. The number of hydrogen-bond acceptors (Lipinski definition) is 3. The number of rotatable bonds is 6. The van der Waals surface area contributed by atoms with Crippen LogP contribution >= 0.6 is 24.0 Å². The summed E-state index contributed by atoms with van der Waals surface area (Å²) in [6, 6.07) is 12.4. The van der Waals surface area contributed by atoms with Gasteiger partial charge in [-0.1, -0.05) is 6.07 Å². The SMILES string of the molecule is COc1ccc(NC(N)=NCc2ccc(F)c(CN(C)C)c2)cc1.I. The fraction of sp³-hybridized carbons (Fsp3) is 0.278. The zero-order chi connectivity index (χ0) is 17.5. The highest BCUT2D eigenvalue weighted by Crippen LogP contribution is 2.15. The lowest BCUT2D eigenvalue weighted by Crippen LogP contribution is -2.22. The van der Waals surface area contributed by atoms with E-state index in [4.69, 9.17) is 10.5 Å². The van der Waals surface area contributed by atoms with Crippen LogP contribution < -0.4 is 15.8 Å². The van der Waals surface area contributed by atoms with Gasteiger partial charge < -0.3 is 20.7 Å². The fourth-order valence-corrected chi connectivity index (χ4v) is 2.23. The molecule has 0 aliphatic rings. The molecule has 3 N–H and O–H groups in total. The first-order valence-electron chi connectivity index (χ1n) is 7.61. The first-order chi connectivity index (χ1) is 11.5. The lowest BCUT2D eigenvalue weighted by molar-refractivity contribution is 0.392. The Kier molecular flexibility index (Phi) is 8.64. The molecular formula is C18H24FIN4O. The van der Waals surface area contributed by atoms with Crippen molar-refractivity contribution in [3.8, 4) is 5.75 Å². The van der Waals surface area contributed by atoms with Crippen molar-refractivity contribution in [1.82, 2.24) is 4.90 Å². The van der Waals surface area contributed by atoms with E-state index in [9.17, 15) is 4.39 Å². The first kappa shape index (κ1) is 21.2. The lowest BCUT2D eigenvalue weighted by atomic mass is 10.1. The van der Waals surface area contributed by atoms with Gasteiger partial charge in [-0.05, 0) is 56.1 Å². The third kappa shape index (κ3) is 6.87. The van der Waals surface area contributed by atoms with Crippen LogP contribution in [-0.2, 0) is 13.1 Å². The summed E-state index contributed by atoms with van der Waals surface area (Å²) >= 11 is 0. The van der Waals surface area contributed by atoms with Crippen LogP contribution in [0.1, 0.15) is 11.1 Å². The van der Waals surface area contributed by atoms with Gasteiger partial charge in [0.05, 0.1) is 13.7 Å². The number of nitrogens with one attached hydrogen (secondary N) is 1. The average molecular weight is 458 g/mol. The van der Waals surface area contributed by atoms with Crippen LogP contribution in [0.15, 0.2) is 47.5 Å². The number of ether oxygens (including phenoxy) is 1. The molecule has 0 saturated carbocycles. The highest BCUT2D eigenvalue weighted by molar-refractivity contribution is 14.0. The number of methoxy groups -OCH3 is 1. The number of anilines is 1. The maximum absolute atomic E-state index is 13.8. The molecule has 0 fully saturated rings. The Morgan fingerprint density at radius 2 is 1.88 bits per heavy atom. The number of benzene rings is 2. The maximum Gasteiger partial charge on any atom is 0.193 e. The normalized spacial score (nSPS) is 11.2. The van der Waals surface area contributed by atoms with Gasteiger partial charge >= 0.3 is 0 Å². The number of halogens is 2. The van der Waals surface area contributed by atoms with E-state index in [0.29, 0.717) is 24.6 Å². The summed E-state index contributed by atoms with van der Waals surface area (Å²) in [5.41, 5.74) is 8.28. The van der Waals surface area contributed by atoms with Gasteiger partial charge in [-0.25, -0.2) is 9.38 Å². The van der Waals surface area contributed by atoms with Crippen molar-refractivity contribution in [1.29, 1.82) is 0 Å². The van der Waals surface area contributed by atoms with E-state index in [1.165, 1.54) is 6.07 Å². The van der Waals surface area contributed by atoms with Crippen molar-refractivity contribution in [2.24, 2.45) is 10.7 Å². The summed E-state index contributed by atoms with van der Waals surface area (Å²) in [5.74, 6) is 0.871. The Hall–Kier alpha value is -1.87. The summed E-state index contributed by atoms with van der Waals surface area (Å²) in [7, 11) is 5.42. The van der Waals surface area contributed by atoms with E-state index in [1.54, 1.807) is 13.2 Å². The molecule has 0 saturated heterocycles. The Bertz CT molecular complexity index is 705. The number of aliphatic imine (C=N–C) groups is 1. The van der Waals surface area contributed by atoms with Crippen molar-refractivity contribution in [2.45, 2.75) is 13.1 Å².